The highest BCUT2D eigenvalue weighted by Gasteiger charge is 2.53. The number of ether oxygens (including phenoxy) is 6. The maximum atomic E-state index is 13.4. The fourth-order valence-electron chi connectivity index (χ4n) is 11.8. The van der Waals surface area contributed by atoms with E-state index in [-0.39, 0.29) is 18.9 Å². The summed E-state index contributed by atoms with van der Waals surface area (Å²) in [6.07, 6.45) is 24.5. The highest BCUT2D eigenvalue weighted by molar-refractivity contribution is 5.76. The monoisotopic (exact) mass is 1210 g/mol. The molecule has 496 valence electrons. The molecule has 3 saturated heterocycles. The molecular weight excluding hydrogens is 1080 g/mol. The molecule has 0 aromatic heterocycles. The molecule has 3 aliphatic rings. The molecule has 0 aromatic carbocycles. The van der Waals surface area contributed by atoms with Crippen LogP contribution in [0.3, 0.4) is 0 Å². The lowest BCUT2D eigenvalue weighted by molar-refractivity contribution is -0.379. The van der Waals surface area contributed by atoms with Gasteiger partial charge in [0.15, 0.2) is 18.9 Å². The summed E-state index contributed by atoms with van der Waals surface area (Å²) in [5.74, 6) is -0.249. The van der Waals surface area contributed by atoms with Crippen LogP contribution in [-0.2, 0) is 33.2 Å². The number of hydrogen-bond acceptors (Lipinski definition) is 18. The summed E-state index contributed by atoms with van der Waals surface area (Å²) in [7, 11) is 0. The number of allylic oxidation sites excluding steroid dienone is 2. The van der Waals surface area contributed by atoms with E-state index in [0.29, 0.717) is 12.8 Å². The summed E-state index contributed by atoms with van der Waals surface area (Å²) in [4.78, 5) is 13.4. The highest BCUT2D eigenvalue weighted by Crippen LogP contribution is 2.33. The van der Waals surface area contributed by atoms with Crippen molar-refractivity contribution in [2.24, 2.45) is 0 Å². The van der Waals surface area contributed by atoms with Gasteiger partial charge in [0.05, 0.1) is 38.6 Å². The number of amides is 1. The second kappa shape index (κ2) is 48.4. The van der Waals surface area contributed by atoms with Gasteiger partial charge in [-0.25, -0.2) is 0 Å². The summed E-state index contributed by atoms with van der Waals surface area (Å²) in [5, 5.41) is 120. The van der Waals surface area contributed by atoms with Crippen LogP contribution >= 0.6 is 0 Å². The number of aliphatic hydroxyl groups is 11. The van der Waals surface area contributed by atoms with Crippen molar-refractivity contribution in [2.75, 3.05) is 26.4 Å². The fourth-order valence-corrected chi connectivity index (χ4v) is 11.8. The lowest BCUT2D eigenvalue weighted by Crippen LogP contribution is -2.66. The zero-order valence-corrected chi connectivity index (χ0v) is 52.2. The molecule has 0 spiro atoms. The first-order chi connectivity index (χ1) is 40.8. The quantitative estimate of drug-likeness (QED) is 0.0202. The Morgan fingerprint density at radius 2 is 0.750 bits per heavy atom. The van der Waals surface area contributed by atoms with Crippen molar-refractivity contribution in [3.8, 4) is 0 Å². The van der Waals surface area contributed by atoms with Crippen LogP contribution in [0.5, 0.6) is 0 Å². The van der Waals surface area contributed by atoms with E-state index in [1.54, 1.807) is 0 Å². The Hall–Kier alpha value is -1.47. The Kier molecular flexibility index (Phi) is 44.2. The van der Waals surface area contributed by atoms with Crippen LogP contribution in [-0.4, -0.2) is 193 Å². The van der Waals surface area contributed by atoms with E-state index in [1.807, 2.05) is 0 Å². The Bertz CT molecular complexity index is 1580. The normalized spacial score (nSPS) is 29.2. The summed E-state index contributed by atoms with van der Waals surface area (Å²) < 4.78 is 34.4. The Morgan fingerprint density at radius 1 is 0.417 bits per heavy atom. The largest absolute Gasteiger partial charge is 0.394 e. The van der Waals surface area contributed by atoms with Gasteiger partial charge in [0.1, 0.15) is 73.2 Å². The van der Waals surface area contributed by atoms with Crippen molar-refractivity contribution in [1.82, 2.24) is 5.32 Å². The molecule has 0 aromatic rings. The molecule has 0 saturated carbocycles. The molecule has 0 bridgehead atoms. The second-order valence-electron chi connectivity index (χ2n) is 24.6. The van der Waals surface area contributed by atoms with Crippen LogP contribution in [0.25, 0.3) is 0 Å². The van der Waals surface area contributed by atoms with Crippen LogP contribution < -0.4 is 5.32 Å². The number of aliphatic hydroxyl groups excluding tert-OH is 11. The summed E-state index contributed by atoms with van der Waals surface area (Å²) >= 11 is 0. The van der Waals surface area contributed by atoms with Gasteiger partial charge in [-0.15, -0.1) is 0 Å². The van der Waals surface area contributed by atoms with Crippen LogP contribution in [0.1, 0.15) is 264 Å². The van der Waals surface area contributed by atoms with Crippen molar-refractivity contribution in [1.29, 1.82) is 0 Å². The fraction of sp³-hybridized carbons (Fsp3) is 0.954. The molecule has 12 N–H and O–H groups in total. The average Bonchev–Trinajstić information content (AvgIpc) is 2.92. The number of nitrogens with one attached hydrogen (secondary N) is 1. The molecule has 3 rings (SSSR count). The molecule has 17 atom stereocenters. The Balaban J connectivity index is 1.41. The average molecular weight is 1210 g/mol. The van der Waals surface area contributed by atoms with Gasteiger partial charge in [0.25, 0.3) is 0 Å². The van der Waals surface area contributed by atoms with Crippen LogP contribution in [0.15, 0.2) is 12.2 Å². The predicted octanol–water partition coefficient (Wildman–Crippen LogP) is 8.11. The number of unbranched alkanes of at least 4 members (excludes halogenated alkanes) is 34. The number of rotatable bonds is 52. The molecule has 17 unspecified atom stereocenters. The molecular formula is C65H123NO18. The Labute approximate surface area is 506 Å². The third-order valence-corrected chi connectivity index (χ3v) is 17.3. The van der Waals surface area contributed by atoms with E-state index >= 15 is 0 Å². The maximum absolute atomic E-state index is 13.4. The number of carbonyl (C=O) groups is 1. The van der Waals surface area contributed by atoms with Gasteiger partial charge in [-0.2, -0.15) is 0 Å². The van der Waals surface area contributed by atoms with Gasteiger partial charge in [-0.1, -0.05) is 231 Å². The highest BCUT2D eigenvalue weighted by atomic mass is 16.8. The first kappa shape index (κ1) is 76.8. The van der Waals surface area contributed by atoms with Crippen LogP contribution in [0.4, 0.5) is 0 Å². The minimum Gasteiger partial charge on any atom is -0.394 e. The van der Waals surface area contributed by atoms with E-state index < -0.39 is 124 Å². The van der Waals surface area contributed by atoms with Crippen molar-refractivity contribution in [3.05, 3.63) is 12.2 Å². The Morgan fingerprint density at radius 3 is 1.17 bits per heavy atom. The van der Waals surface area contributed by atoms with Crippen LogP contribution in [0, 0.1) is 0 Å². The molecule has 3 fully saturated rings. The van der Waals surface area contributed by atoms with Crippen molar-refractivity contribution < 1.29 is 89.4 Å². The minimum absolute atomic E-state index is 0.249. The van der Waals surface area contributed by atoms with Crippen molar-refractivity contribution in [3.63, 3.8) is 0 Å². The topological polar surface area (TPSA) is 307 Å². The summed E-state index contributed by atoms with van der Waals surface area (Å²) in [5.41, 5.74) is 0. The molecule has 0 radical (unpaired) electrons. The first-order valence-electron chi connectivity index (χ1n) is 33.9. The zero-order valence-electron chi connectivity index (χ0n) is 52.2. The molecule has 19 heteroatoms. The van der Waals surface area contributed by atoms with E-state index in [1.165, 1.54) is 167 Å². The summed E-state index contributed by atoms with van der Waals surface area (Å²) in [6.45, 7) is 1.79. The number of carbonyl (C=O) groups excluding carboxylic acids is 1. The SMILES string of the molecule is CCCCCC/C=C\CCCCCCCC(=O)NC(COC1OC(CO)C(OC2OC(CO)C(OC3OC(CO)C(O)C(O)C3O)C(O)C2O)C(O)C1O)C(O)CCCCCCCCCCCCCCCCCCCCCCCCCCCC. The first-order valence-corrected chi connectivity index (χ1v) is 33.9. The molecule has 0 aliphatic carbocycles. The standard InChI is InChI=1S/C65H123NO18/c1-3-5-7-9-11-13-15-17-18-19-20-21-22-23-24-25-26-27-28-29-31-32-34-36-38-40-42-49(70)48(66-53(71)43-41-39-37-35-33-30-16-14-12-10-8-6-4-2)47-79-63-59(77)56(74)61(51(45-68)81-63)84-65-60(78)57(75)62(52(46-69)82-65)83-64-58(76)55(73)54(72)50(44-67)80-64/h14,16,48-52,54-65,67-70,72-78H,3-13,15,17-47H2,1-2H3,(H,66,71)/b16-14-. The molecule has 84 heavy (non-hydrogen) atoms. The predicted molar refractivity (Wildman–Crippen MR) is 323 cm³/mol. The lowest BCUT2D eigenvalue weighted by Gasteiger charge is -2.48. The molecule has 1 amide bonds. The lowest BCUT2D eigenvalue weighted by atomic mass is 9.96. The molecule has 3 aliphatic heterocycles. The molecule has 19 nitrogen and oxygen atoms in total. The number of hydrogen-bond donors (Lipinski definition) is 12. The minimum atomic E-state index is -1.97. The third-order valence-electron chi connectivity index (χ3n) is 17.3. The third kappa shape index (κ3) is 30.8. The maximum Gasteiger partial charge on any atom is 0.220 e. The van der Waals surface area contributed by atoms with Gasteiger partial charge >= 0.3 is 0 Å². The van der Waals surface area contributed by atoms with Crippen LogP contribution in [0.2, 0.25) is 0 Å². The van der Waals surface area contributed by atoms with Gasteiger partial charge in [0.2, 0.25) is 5.91 Å². The van der Waals surface area contributed by atoms with Gasteiger partial charge in [0, 0.05) is 6.42 Å². The summed E-state index contributed by atoms with van der Waals surface area (Å²) in [6, 6.07) is -0.888. The van der Waals surface area contributed by atoms with Crippen molar-refractivity contribution >= 4 is 5.91 Å². The van der Waals surface area contributed by atoms with Gasteiger partial charge in [-0.05, 0) is 38.5 Å². The smallest absolute Gasteiger partial charge is 0.220 e. The van der Waals surface area contributed by atoms with E-state index in [9.17, 15) is 61.0 Å². The second-order valence-corrected chi connectivity index (χ2v) is 24.6. The zero-order chi connectivity index (χ0) is 61.2. The van der Waals surface area contributed by atoms with Gasteiger partial charge in [-0.3, -0.25) is 4.79 Å². The van der Waals surface area contributed by atoms with E-state index in [4.69, 9.17) is 28.4 Å². The molecule has 3 heterocycles. The van der Waals surface area contributed by atoms with E-state index in [2.05, 4.69) is 31.3 Å². The van der Waals surface area contributed by atoms with E-state index in [0.717, 1.165) is 64.2 Å². The van der Waals surface area contributed by atoms with Gasteiger partial charge < -0.3 is 89.9 Å². The van der Waals surface area contributed by atoms with Crippen molar-refractivity contribution in [2.45, 2.75) is 369 Å².